The molecular formula is C21H20N4O6S2. The predicted octanol–water partition coefficient (Wildman–Crippen LogP) is 3.00. The molecule has 2 aromatic carbocycles. The lowest BCUT2D eigenvalue weighted by Gasteiger charge is -2.34. The topological polar surface area (TPSA) is 115 Å². The standard InChI is InChI=1S/C21H20N4O6S2/c26-25(27)16-3-1-15(2-4-16)18-14-32-21(22-18)23-7-9-24(10-8-23)33(28,29)17-5-6-19-20(13-17)31-12-11-30-19/h1-6,13-14H,7-12H2. The van der Waals surface area contributed by atoms with E-state index in [0.29, 0.717) is 50.9 Å². The minimum Gasteiger partial charge on any atom is -0.486 e. The van der Waals surface area contributed by atoms with Crippen molar-refractivity contribution in [3.05, 3.63) is 58.0 Å². The number of nitrogens with zero attached hydrogens (tertiary/aromatic N) is 4. The third-order valence-corrected chi connectivity index (χ3v) is 8.32. The normalized spacial score (nSPS) is 16.5. The van der Waals surface area contributed by atoms with Gasteiger partial charge in [0.05, 0.1) is 15.5 Å². The average molecular weight is 489 g/mol. The van der Waals surface area contributed by atoms with Crippen molar-refractivity contribution in [3.8, 4) is 22.8 Å². The summed E-state index contributed by atoms with van der Waals surface area (Å²) >= 11 is 1.46. The van der Waals surface area contributed by atoms with Crippen LogP contribution in [-0.2, 0) is 10.0 Å². The van der Waals surface area contributed by atoms with Crippen molar-refractivity contribution < 1.29 is 22.8 Å². The molecule has 0 radical (unpaired) electrons. The summed E-state index contributed by atoms with van der Waals surface area (Å²) in [6.07, 6.45) is 0. The molecule has 0 spiro atoms. The first-order valence-electron chi connectivity index (χ1n) is 10.3. The molecule has 1 aromatic heterocycles. The number of nitro groups is 1. The number of aromatic nitrogens is 1. The minimum atomic E-state index is -3.65. The number of nitro benzene ring substituents is 1. The fourth-order valence-electron chi connectivity index (χ4n) is 3.75. The summed E-state index contributed by atoms with van der Waals surface area (Å²) in [4.78, 5) is 17.3. The van der Waals surface area contributed by atoms with Crippen molar-refractivity contribution in [2.45, 2.75) is 4.90 Å². The Morgan fingerprint density at radius 3 is 2.36 bits per heavy atom. The van der Waals surface area contributed by atoms with Crippen LogP contribution in [0, 0.1) is 10.1 Å². The van der Waals surface area contributed by atoms with Crippen LogP contribution in [0.1, 0.15) is 0 Å². The monoisotopic (exact) mass is 488 g/mol. The van der Waals surface area contributed by atoms with Crippen LogP contribution >= 0.6 is 11.3 Å². The Labute approximate surface area is 194 Å². The maximum Gasteiger partial charge on any atom is 0.269 e. The second-order valence-corrected chi connectivity index (χ2v) is 10.3. The highest BCUT2D eigenvalue weighted by Crippen LogP contribution is 2.34. The quantitative estimate of drug-likeness (QED) is 0.398. The first-order valence-corrected chi connectivity index (χ1v) is 12.6. The van der Waals surface area contributed by atoms with Gasteiger partial charge < -0.3 is 14.4 Å². The van der Waals surface area contributed by atoms with E-state index in [1.165, 1.54) is 33.8 Å². The van der Waals surface area contributed by atoms with Gasteiger partial charge in [-0.25, -0.2) is 13.4 Å². The Kier molecular flexibility index (Phi) is 5.64. The SMILES string of the molecule is O=[N+]([O-])c1ccc(-c2csc(N3CCN(S(=O)(=O)c4ccc5c(c4)OCCO5)CC3)n2)cc1. The minimum absolute atomic E-state index is 0.0320. The molecule has 33 heavy (non-hydrogen) atoms. The van der Waals surface area contributed by atoms with E-state index in [1.807, 2.05) is 5.38 Å². The van der Waals surface area contributed by atoms with Crippen LogP contribution in [0.3, 0.4) is 0 Å². The van der Waals surface area contributed by atoms with Gasteiger partial charge in [-0.3, -0.25) is 10.1 Å². The van der Waals surface area contributed by atoms with Gasteiger partial charge in [-0.2, -0.15) is 4.31 Å². The molecule has 10 nitrogen and oxygen atoms in total. The molecule has 0 unspecified atom stereocenters. The maximum absolute atomic E-state index is 13.1. The number of ether oxygens (including phenoxy) is 2. The first kappa shape index (κ1) is 21.6. The number of thiazole rings is 1. The Hall–Kier alpha value is -3.22. The summed E-state index contributed by atoms with van der Waals surface area (Å²) < 4.78 is 38.7. The number of fused-ring (bicyclic) bond motifs is 1. The van der Waals surface area contributed by atoms with Crippen molar-refractivity contribution in [1.82, 2.24) is 9.29 Å². The van der Waals surface area contributed by atoms with Gasteiger partial charge in [0, 0.05) is 55.3 Å². The van der Waals surface area contributed by atoms with Gasteiger partial charge in [0.25, 0.3) is 5.69 Å². The third kappa shape index (κ3) is 4.24. The highest BCUT2D eigenvalue weighted by molar-refractivity contribution is 7.89. The van der Waals surface area contributed by atoms with E-state index in [1.54, 1.807) is 24.3 Å². The Morgan fingerprint density at radius 2 is 1.67 bits per heavy atom. The van der Waals surface area contributed by atoms with Gasteiger partial charge in [0.15, 0.2) is 16.6 Å². The number of anilines is 1. The van der Waals surface area contributed by atoms with E-state index in [2.05, 4.69) is 9.88 Å². The molecule has 0 bridgehead atoms. The summed E-state index contributed by atoms with van der Waals surface area (Å²) in [6.45, 7) is 2.54. The largest absolute Gasteiger partial charge is 0.486 e. The van der Waals surface area contributed by atoms with Gasteiger partial charge in [-0.15, -0.1) is 11.3 Å². The number of rotatable bonds is 5. The number of non-ortho nitro benzene ring substituents is 1. The zero-order chi connectivity index (χ0) is 23.0. The van der Waals surface area contributed by atoms with E-state index in [0.717, 1.165) is 16.4 Å². The number of piperazine rings is 1. The summed E-state index contributed by atoms with van der Waals surface area (Å²) in [6, 6.07) is 11.0. The van der Waals surface area contributed by atoms with E-state index in [9.17, 15) is 18.5 Å². The van der Waals surface area contributed by atoms with Crippen LogP contribution in [0.5, 0.6) is 11.5 Å². The van der Waals surface area contributed by atoms with Gasteiger partial charge in [0.1, 0.15) is 13.2 Å². The molecule has 12 heteroatoms. The van der Waals surface area contributed by atoms with Crippen LogP contribution in [0.2, 0.25) is 0 Å². The zero-order valence-electron chi connectivity index (χ0n) is 17.4. The molecule has 0 saturated carbocycles. The third-order valence-electron chi connectivity index (χ3n) is 5.53. The lowest BCUT2D eigenvalue weighted by atomic mass is 10.1. The predicted molar refractivity (Wildman–Crippen MR) is 123 cm³/mol. The lowest BCUT2D eigenvalue weighted by Crippen LogP contribution is -2.48. The summed E-state index contributed by atoms with van der Waals surface area (Å²) in [7, 11) is -3.65. The number of benzene rings is 2. The maximum atomic E-state index is 13.1. The van der Waals surface area contributed by atoms with E-state index < -0.39 is 14.9 Å². The van der Waals surface area contributed by atoms with Crippen LogP contribution in [0.4, 0.5) is 10.8 Å². The van der Waals surface area contributed by atoms with Gasteiger partial charge in [-0.05, 0) is 24.3 Å². The van der Waals surface area contributed by atoms with Crippen LogP contribution in [0.15, 0.2) is 52.7 Å². The lowest BCUT2D eigenvalue weighted by molar-refractivity contribution is -0.384. The smallest absolute Gasteiger partial charge is 0.269 e. The Balaban J connectivity index is 1.26. The fraction of sp³-hybridized carbons (Fsp3) is 0.286. The molecule has 2 aliphatic heterocycles. The summed E-state index contributed by atoms with van der Waals surface area (Å²) in [5.74, 6) is 1.00. The number of hydrogen-bond donors (Lipinski definition) is 0. The molecule has 3 heterocycles. The zero-order valence-corrected chi connectivity index (χ0v) is 19.0. The van der Waals surface area contributed by atoms with E-state index in [-0.39, 0.29) is 10.6 Å². The first-order chi connectivity index (χ1) is 15.9. The molecule has 0 aliphatic carbocycles. The van der Waals surface area contributed by atoms with Gasteiger partial charge in [0.2, 0.25) is 10.0 Å². The number of hydrogen-bond acceptors (Lipinski definition) is 9. The Bertz CT molecular complexity index is 1280. The van der Waals surface area contributed by atoms with Crippen LogP contribution < -0.4 is 14.4 Å². The van der Waals surface area contributed by atoms with Gasteiger partial charge in [-0.1, -0.05) is 0 Å². The second-order valence-electron chi connectivity index (χ2n) is 7.52. The number of sulfonamides is 1. The second kappa shape index (κ2) is 8.61. The highest BCUT2D eigenvalue weighted by Gasteiger charge is 2.30. The Morgan fingerprint density at radius 1 is 0.970 bits per heavy atom. The van der Waals surface area contributed by atoms with E-state index in [4.69, 9.17) is 9.47 Å². The van der Waals surface area contributed by atoms with Crippen molar-refractivity contribution in [1.29, 1.82) is 0 Å². The van der Waals surface area contributed by atoms with Crippen LogP contribution in [-0.4, -0.2) is 62.0 Å². The highest BCUT2D eigenvalue weighted by atomic mass is 32.2. The van der Waals surface area contributed by atoms with Crippen molar-refractivity contribution >= 4 is 32.2 Å². The molecule has 1 saturated heterocycles. The molecule has 5 rings (SSSR count). The fourth-order valence-corrected chi connectivity index (χ4v) is 6.08. The molecule has 172 valence electrons. The van der Waals surface area contributed by atoms with Gasteiger partial charge >= 0.3 is 0 Å². The van der Waals surface area contributed by atoms with Crippen molar-refractivity contribution in [3.63, 3.8) is 0 Å². The molecule has 1 fully saturated rings. The summed E-state index contributed by atoms with van der Waals surface area (Å²) in [5.41, 5.74) is 1.56. The molecule has 0 atom stereocenters. The molecule has 3 aromatic rings. The van der Waals surface area contributed by atoms with Crippen molar-refractivity contribution in [2.75, 3.05) is 44.3 Å². The molecule has 0 amide bonds. The molecule has 0 N–H and O–H groups in total. The van der Waals surface area contributed by atoms with E-state index >= 15 is 0 Å². The molecular weight excluding hydrogens is 468 g/mol. The van der Waals surface area contributed by atoms with Crippen LogP contribution in [0.25, 0.3) is 11.3 Å². The molecule has 2 aliphatic rings. The average Bonchev–Trinajstić information content (AvgIpc) is 3.34. The summed E-state index contributed by atoms with van der Waals surface area (Å²) in [5, 5.41) is 13.5. The van der Waals surface area contributed by atoms with Crippen molar-refractivity contribution in [2.24, 2.45) is 0 Å².